The SMILES string of the molecule is CC(C)N1Cc2c(NC(c3ccccc3)c3ccccc3)nc(N3CCN(C(=O)OC(C)(C)C)CC3)nc2C1=O. The normalized spacial score (nSPS) is 15.6. The molecule has 2 amide bonds. The maximum Gasteiger partial charge on any atom is 0.410 e. The standard InChI is InChI=1S/C31H38N6O3/c1-21(2)37-20-24-26(28(37)38)33-29(35-16-18-36(19-17-35)30(39)40-31(3,4)5)34-27(24)32-25(22-12-8-6-9-13-22)23-14-10-7-11-15-23/h6-15,21,25H,16-20H2,1-5H3,(H,32,33,34). The lowest BCUT2D eigenvalue weighted by Gasteiger charge is -2.35. The Bertz CT molecular complexity index is 1310. The zero-order valence-electron chi connectivity index (χ0n) is 23.9. The van der Waals surface area contributed by atoms with Crippen LogP contribution in [0.3, 0.4) is 0 Å². The van der Waals surface area contributed by atoms with Crippen LogP contribution in [0, 0.1) is 0 Å². The number of piperazine rings is 1. The van der Waals surface area contributed by atoms with Gasteiger partial charge >= 0.3 is 6.09 Å². The van der Waals surface area contributed by atoms with E-state index in [-0.39, 0.29) is 24.1 Å². The van der Waals surface area contributed by atoms with Crippen LogP contribution in [-0.4, -0.2) is 69.6 Å². The molecule has 1 fully saturated rings. The summed E-state index contributed by atoms with van der Waals surface area (Å²) >= 11 is 0. The van der Waals surface area contributed by atoms with E-state index in [1.807, 2.05) is 80.8 Å². The van der Waals surface area contributed by atoms with E-state index >= 15 is 0 Å². The minimum absolute atomic E-state index is 0.0365. The smallest absolute Gasteiger partial charge is 0.410 e. The van der Waals surface area contributed by atoms with Gasteiger partial charge in [0, 0.05) is 37.8 Å². The number of hydrogen-bond donors (Lipinski definition) is 1. The lowest BCUT2D eigenvalue weighted by Crippen LogP contribution is -2.50. The Balaban J connectivity index is 1.47. The van der Waals surface area contributed by atoms with Crippen LogP contribution in [0.5, 0.6) is 0 Å². The first kappa shape index (κ1) is 27.4. The molecule has 0 saturated carbocycles. The number of ether oxygens (including phenoxy) is 1. The number of anilines is 2. The van der Waals surface area contributed by atoms with Gasteiger partial charge in [-0.2, -0.15) is 4.98 Å². The fourth-order valence-electron chi connectivity index (χ4n) is 5.06. The zero-order chi connectivity index (χ0) is 28.4. The number of aromatic nitrogens is 2. The average molecular weight is 543 g/mol. The van der Waals surface area contributed by atoms with E-state index in [2.05, 4.69) is 29.6 Å². The number of fused-ring (bicyclic) bond motifs is 1. The number of rotatable bonds is 6. The molecule has 2 aromatic carbocycles. The largest absolute Gasteiger partial charge is 0.444 e. The van der Waals surface area contributed by atoms with Crippen LogP contribution in [0.1, 0.15) is 67.8 Å². The van der Waals surface area contributed by atoms with E-state index in [1.54, 1.807) is 4.90 Å². The Morgan fingerprint density at radius 3 is 2.00 bits per heavy atom. The molecular weight excluding hydrogens is 504 g/mol. The third-order valence-corrected chi connectivity index (χ3v) is 7.17. The Labute approximate surface area is 236 Å². The van der Waals surface area contributed by atoms with Gasteiger partial charge in [-0.3, -0.25) is 4.79 Å². The van der Waals surface area contributed by atoms with Crippen molar-refractivity contribution in [3.63, 3.8) is 0 Å². The van der Waals surface area contributed by atoms with Crippen molar-refractivity contribution in [3.8, 4) is 0 Å². The monoisotopic (exact) mass is 542 g/mol. The number of carbonyl (C=O) groups is 2. The average Bonchev–Trinajstić information content (AvgIpc) is 3.28. The Kier molecular flexibility index (Phi) is 7.65. The van der Waals surface area contributed by atoms with Gasteiger partial charge in [0.25, 0.3) is 5.91 Å². The van der Waals surface area contributed by atoms with Gasteiger partial charge in [0.05, 0.1) is 12.6 Å². The molecule has 40 heavy (non-hydrogen) atoms. The summed E-state index contributed by atoms with van der Waals surface area (Å²) in [5.41, 5.74) is 2.90. The lowest BCUT2D eigenvalue weighted by molar-refractivity contribution is 0.0240. The quantitative estimate of drug-likeness (QED) is 0.463. The number of nitrogens with zero attached hydrogens (tertiary/aromatic N) is 5. The molecule has 1 N–H and O–H groups in total. The highest BCUT2D eigenvalue weighted by molar-refractivity contribution is 5.98. The summed E-state index contributed by atoms with van der Waals surface area (Å²) in [4.78, 5) is 41.4. The first-order chi connectivity index (χ1) is 19.1. The highest BCUT2D eigenvalue weighted by atomic mass is 16.6. The topological polar surface area (TPSA) is 90.9 Å². The first-order valence-electron chi connectivity index (χ1n) is 13.9. The predicted octanol–water partition coefficient (Wildman–Crippen LogP) is 5.10. The van der Waals surface area contributed by atoms with Gasteiger partial charge in [0.2, 0.25) is 5.95 Å². The van der Waals surface area contributed by atoms with Crippen molar-refractivity contribution < 1.29 is 14.3 Å². The van der Waals surface area contributed by atoms with E-state index < -0.39 is 5.60 Å². The second-order valence-electron chi connectivity index (χ2n) is 11.6. The summed E-state index contributed by atoms with van der Waals surface area (Å²) in [6.45, 7) is 12.1. The molecule has 1 aromatic heterocycles. The molecule has 0 bridgehead atoms. The Morgan fingerprint density at radius 2 is 1.48 bits per heavy atom. The molecule has 0 radical (unpaired) electrons. The molecule has 2 aliphatic rings. The molecule has 2 aliphatic heterocycles. The minimum Gasteiger partial charge on any atom is -0.444 e. The second-order valence-corrected chi connectivity index (χ2v) is 11.6. The van der Waals surface area contributed by atoms with Crippen molar-refractivity contribution in [3.05, 3.63) is 83.0 Å². The third-order valence-electron chi connectivity index (χ3n) is 7.17. The van der Waals surface area contributed by atoms with Crippen LogP contribution < -0.4 is 10.2 Å². The van der Waals surface area contributed by atoms with Crippen molar-refractivity contribution >= 4 is 23.8 Å². The minimum atomic E-state index is -0.547. The van der Waals surface area contributed by atoms with Crippen LogP contribution in [0.2, 0.25) is 0 Å². The summed E-state index contributed by atoms with van der Waals surface area (Å²) in [6.07, 6.45) is -0.319. The van der Waals surface area contributed by atoms with Crippen LogP contribution in [-0.2, 0) is 11.3 Å². The Hall–Kier alpha value is -4.14. The first-order valence-corrected chi connectivity index (χ1v) is 13.9. The molecular formula is C31H38N6O3. The number of amides is 2. The van der Waals surface area contributed by atoms with Crippen LogP contribution >= 0.6 is 0 Å². The fraction of sp³-hybridized carbons (Fsp3) is 0.419. The van der Waals surface area contributed by atoms with E-state index in [4.69, 9.17) is 14.7 Å². The van der Waals surface area contributed by atoms with Gasteiger partial charge in [-0.15, -0.1) is 0 Å². The maximum atomic E-state index is 13.4. The summed E-state index contributed by atoms with van der Waals surface area (Å²) in [5, 5.41) is 3.68. The molecule has 210 valence electrons. The molecule has 0 unspecified atom stereocenters. The van der Waals surface area contributed by atoms with E-state index in [0.717, 1.165) is 16.7 Å². The van der Waals surface area contributed by atoms with Crippen molar-refractivity contribution in [1.29, 1.82) is 0 Å². The van der Waals surface area contributed by atoms with Gasteiger partial charge in [0.15, 0.2) is 0 Å². The van der Waals surface area contributed by atoms with E-state index in [0.29, 0.717) is 50.2 Å². The van der Waals surface area contributed by atoms with E-state index in [9.17, 15) is 9.59 Å². The lowest BCUT2D eigenvalue weighted by atomic mass is 9.98. The van der Waals surface area contributed by atoms with Crippen molar-refractivity contribution in [2.45, 2.75) is 58.8 Å². The highest BCUT2D eigenvalue weighted by Gasteiger charge is 2.36. The number of benzene rings is 2. The van der Waals surface area contributed by atoms with Crippen LogP contribution in [0.25, 0.3) is 0 Å². The van der Waals surface area contributed by atoms with Crippen molar-refractivity contribution in [1.82, 2.24) is 19.8 Å². The molecule has 0 spiro atoms. The zero-order valence-corrected chi connectivity index (χ0v) is 23.9. The fourth-order valence-corrected chi connectivity index (χ4v) is 5.06. The van der Waals surface area contributed by atoms with Gasteiger partial charge in [-0.1, -0.05) is 60.7 Å². The summed E-state index contributed by atoms with van der Waals surface area (Å²) < 4.78 is 5.55. The number of hydrogen-bond acceptors (Lipinski definition) is 7. The van der Waals surface area contributed by atoms with Gasteiger partial charge in [-0.25, -0.2) is 9.78 Å². The molecule has 3 heterocycles. The number of nitrogens with one attached hydrogen (secondary N) is 1. The molecule has 0 aliphatic carbocycles. The second kappa shape index (κ2) is 11.2. The maximum absolute atomic E-state index is 13.4. The molecule has 1 saturated heterocycles. The van der Waals surface area contributed by atoms with Crippen LogP contribution in [0.4, 0.5) is 16.6 Å². The Morgan fingerprint density at radius 1 is 0.900 bits per heavy atom. The van der Waals surface area contributed by atoms with Crippen molar-refractivity contribution in [2.75, 3.05) is 36.4 Å². The van der Waals surface area contributed by atoms with Gasteiger partial charge < -0.3 is 24.8 Å². The molecule has 5 rings (SSSR count). The summed E-state index contributed by atoms with van der Waals surface area (Å²) in [7, 11) is 0. The van der Waals surface area contributed by atoms with Gasteiger partial charge in [-0.05, 0) is 45.7 Å². The third kappa shape index (κ3) is 5.88. The summed E-state index contributed by atoms with van der Waals surface area (Å²) in [5.74, 6) is 1.06. The molecule has 0 atom stereocenters. The van der Waals surface area contributed by atoms with Crippen LogP contribution in [0.15, 0.2) is 60.7 Å². The molecule has 3 aromatic rings. The summed E-state index contributed by atoms with van der Waals surface area (Å²) in [6, 6.07) is 20.3. The van der Waals surface area contributed by atoms with Crippen molar-refractivity contribution in [2.24, 2.45) is 0 Å². The highest BCUT2D eigenvalue weighted by Crippen LogP contribution is 2.34. The predicted molar refractivity (Wildman–Crippen MR) is 155 cm³/mol. The molecule has 9 nitrogen and oxygen atoms in total. The van der Waals surface area contributed by atoms with Gasteiger partial charge in [0.1, 0.15) is 17.1 Å². The van der Waals surface area contributed by atoms with E-state index in [1.165, 1.54) is 0 Å². The molecule has 9 heteroatoms. The number of carbonyl (C=O) groups excluding carboxylic acids is 2.